The van der Waals surface area contributed by atoms with Crippen LogP contribution in [0, 0.1) is 5.92 Å². The second-order valence-electron chi connectivity index (χ2n) is 14.8. The zero-order valence-corrected chi connectivity index (χ0v) is 28.9. The molecule has 5 rings (SSSR count). The fourth-order valence-electron chi connectivity index (χ4n) is 7.75. The fraction of sp³-hybridized carbons (Fsp3) is 0.968. The van der Waals surface area contributed by atoms with E-state index in [0.717, 1.165) is 0 Å². The van der Waals surface area contributed by atoms with Crippen molar-refractivity contribution in [3.8, 4) is 0 Å². The standard InChI is InChI=1S/C31H58N6O15/c32-8-16-22(43)23(44)20(36)29(47-16)51-26-18(10-39)49-30(24(26)45)52-27-21(42)11(4-19(41)31(46)6-12(33)7-31)3-13(34)25(27)50-28-14(35)5-15(40)17(48-28)9-37-1-2-38/h11-18,20-30,37-40,42-46H,1-10,32-36H2/t11-,12?,13-,14+,15-,16-,17+,18+,20+,21-,22+,23+,24+,25+,26+,27+,28+,29+,30-,31?/m0/s1. The van der Waals surface area contributed by atoms with Crippen LogP contribution in [0.15, 0.2) is 0 Å². The third-order valence-electron chi connectivity index (χ3n) is 10.9. The van der Waals surface area contributed by atoms with Crippen molar-refractivity contribution >= 4 is 5.78 Å². The normalized spacial score (nSPS) is 49.8. The van der Waals surface area contributed by atoms with Crippen LogP contribution in [-0.2, 0) is 33.2 Å². The van der Waals surface area contributed by atoms with Crippen LogP contribution >= 0.6 is 0 Å². The number of nitrogens with two attached hydrogens (primary N) is 5. The van der Waals surface area contributed by atoms with Gasteiger partial charge in [0.2, 0.25) is 0 Å². The number of aliphatic hydroxyl groups excluding tert-OH is 7. The summed E-state index contributed by atoms with van der Waals surface area (Å²) in [5.41, 5.74) is 28.8. The fourth-order valence-corrected chi connectivity index (χ4v) is 7.75. The number of rotatable bonds is 15. The molecule has 0 amide bonds. The number of ether oxygens (including phenoxy) is 6. The molecule has 3 aliphatic heterocycles. The molecule has 3 saturated heterocycles. The number of Topliss-reactive ketones (excluding diaryl/α,β-unsaturated/α-hetero) is 1. The second-order valence-corrected chi connectivity index (χ2v) is 14.8. The van der Waals surface area contributed by atoms with Crippen molar-refractivity contribution in [2.24, 2.45) is 34.6 Å². The van der Waals surface area contributed by atoms with Gasteiger partial charge in [-0.25, -0.2) is 0 Å². The molecule has 0 aromatic carbocycles. The average molecular weight is 755 g/mol. The lowest BCUT2D eigenvalue weighted by Gasteiger charge is -2.48. The maximum Gasteiger partial charge on any atom is 0.187 e. The van der Waals surface area contributed by atoms with Crippen LogP contribution in [-0.4, -0.2) is 195 Å². The molecule has 2 saturated carbocycles. The SMILES string of the molecule is NC[C@@H]1O[C@H](O[C@H]2[C@@H](O)[C@H](O[C@@H]3[C@@H](O)[C@H](CC(=O)C4(O)CC(N)C4)C[C@H](N)[C@H]3O[C@H]3O[C@H](CNCCO)[C@@H](O)C[C@H]3N)O[C@@H]2CO)[C@H](N)[C@@H](O)[C@@H]1O. The van der Waals surface area contributed by atoms with Crippen LogP contribution in [0.2, 0.25) is 0 Å². The molecule has 0 unspecified atom stereocenters. The lowest BCUT2D eigenvalue weighted by atomic mass is 9.69. The molecule has 2 aliphatic carbocycles. The number of carbonyl (C=O) groups is 1. The minimum Gasteiger partial charge on any atom is -0.395 e. The number of aliphatic hydroxyl groups is 8. The Morgan fingerprint density at radius 3 is 2.02 bits per heavy atom. The summed E-state index contributed by atoms with van der Waals surface area (Å²) in [6.45, 7) is -0.599. The highest BCUT2D eigenvalue weighted by Crippen LogP contribution is 2.40. The summed E-state index contributed by atoms with van der Waals surface area (Å²) in [6, 6.07) is -3.38. The lowest BCUT2D eigenvalue weighted by molar-refractivity contribution is -0.299. The zero-order valence-electron chi connectivity index (χ0n) is 28.9. The first-order valence-electron chi connectivity index (χ1n) is 17.9. The van der Waals surface area contributed by atoms with E-state index < -0.39 is 128 Å². The monoisotopic (exact) mass is 754 g/mol. The number of nitrogens with one attached hydrogen (secondary N) is 1. The first kappa shape index (κ1) is 42.0. The quantitative estimate of drug-likeness (QED) is 0.0690. The largest absolute Gasteiger partial charge is 0.395 e. The summed E-state index contributed by atoms with van der Waals surface area (Å²) in [5.74, 6) is -1.37. The number of hydrogen-bond acceptors (Lipinski definition) is 21. The second kappa shape index (κ2) is 17.8. The third kappa shape index (κ3) is 8.95. The summed E-state index contributed by atoms with van der Waals surface area (Å²) in [4.78, 5) is 13.2. The minimum absolute atomic E-state index is 0.0398. The molecule has 52 heavy (non-hydrogen) atoms. The van der Waals surface area contributed by atoms with Crippen molar-refractivity contribution in [3.63, 3.8) is 0 Å². The van der Waals surface area contributed by atoms with E-state index in [4.69, 9.17) is 62.2 Å². The predicted octanol–water partition coefficient (Wildman–Crippen LogP) is -8.14. The lowest BCUT2D eigenvalue weighted by Crippen LogP contribution is -2.64. The summed E-state index contributed by atoms with van der Waals surface area (Å²) in [5, 5.41) is 87.5. The van der Waals surface area contributed by atoms with E-state index in [1.165, 1.54) is 0 Å². The number of ketones is 1. The Hall–Kier alpha value is -1.13. The molecule has 18 atom stereocenters. The molecule has 21 heteroatoms. The summed E-state index contributed by atoms with van der Waals surface area (Å²) < 4.78 is 35.8. The highest BCUT2D eigenvalue weighted by molar-refractivity contribution is 5.88. The smallest absolute Gasteiger partial charge is 0.187 e. The van der Waals surface area contributed by atoms with Gasteiger partial charge in [-0.2, -0.15) is 0 Å². The van der Waals surface area contributed by atoms with Crippen molar-refractivity contribution < 1.29 is 74.1 Å². The Bertz CT molecular complexity index is 1160. The van der Waals surface area contributed by atoms with E-state index in [1.807, 2.05) is 0 Å². The Kier molecular flexibility index (Phi) is 14.4. The van der Waals surface area contributed by atoms with Gasteiger partial charge < -0.3 is 103 Å². The van der Waals surface area contributed by atoms with Gasteiger partial charge in [0, 0.05) is 38.1 Å². The zero-order chi connectivity index (χ0) is 38.1. The van der Waals surface area contributed by atoms with Gasteiger partial charge in [-0.05, 0) is 31.6 Å². The third-order valence-corrected chi connectivity index (χ3v) is 10.9. The van der Waals surface area contributed by atoms with Crippen LogP contribution in [0.25, 0.3) is 0 Å². The Morgan fingerprint density at radius 1 is 0.750 bits per heavy atom. The molecule has 0 aromatic rings. The van der Waals surface area contributed by atoms with Crippen molar-refractivity contribution in [2.45, 2.75) is 148 Å². The van der Waals surface area contributed by atoms with Gasteiger partial charge in [0.15, 0.2) is 24.7 Å². The molecular weight excluding hydrogens is 696 g/mol. The molecule has 5 fully saturated rings. The molecule has 3 heterocycles. The van der Waals surface area contributed by atoms with E-state index in [2.05, 4.69) is 5.32 Å². The first-order chi connectivity index (χ1) is 24.6. The molecule has 0 bridgehead atoms. The number of carbonyl (C=O) groups excluding carboxylic acids is 1. The predicted molar refractivity (Wildman–Crippen MR) is 175 cm³/mol. The summed E-state index contributed by atoms with van der Waals surface area (Å²) in [6.07, 6.45) is -18.2. The highest BCUT2D eigenvalue weighted by Gasteiger charge is 2.55. The van der Waals surface area contributed by atoms with Gasteiger partial charge in [0.1, 0.15) is 54.4 Å². The molecule has 21 nitrogen and oxygen atoms in total. The topological polar surface area (TPSA) is 376 Å². The van der Waals surface area contributed by atoms with Crippen molar-refractivity contribution in [1.82, 2.24) is 5.32 Å². The average Bonchev–Trinajstić information content (AvgIpc) is 3.39. The number of hydrogen-bond donors (Lipinski definition) is 14. The van der Waals surface area contributed by atoms with E-state index >= 15 is 0 Å². The highest BCUT2D eigenvalue weighted by atomic mass is 16.8. The first-order valence-corrected chi connectivity index (χ1v) is 17.9. The molecule has 0 radical (unpaired) electrons. The molecule has 302 valence electrons. The molecule has 0 spiro atoms. The van der Waals surface area contributed by atoms with E-state index in [0.29, 0.717) is 0 Å². The molecule has 19 N–H and O–H groups in total. The van der Waals surface area contributed by atoms with Crippen molar-refractivity contribution in [2.75, 3.05) is 32.8 Å². The van der Waals surface area contributed by atoms with Gasteiger partial charge in [0.05, 0.1) is 43.6 Å². The van der Waals surface area contributed by atoms with E-state index in [9.17, 15) is 40.5 Å². The van der Waals surface area contributed by atoms with Gasteiger partial charge in [0.25, 0.3) is 0 Å². The minimum atomic E-state index is -1.66. The maximum atomic E-state index is 13.2. The Balaban J connectivity index is 1.35. The van der Waals surface area contributed by atoms with Crippen molar-refractivity contribution in [1.29, 1.82) is 0 Å². The molecule has 5 aliphatic rings. The van der Waals surface area contributed by atoms with Gasteiger partial charge >= 0.3 is 0 Å². The van der Waals surface area contributed by atoms with Crippen LogP contribution < -0.4 is 34.0 Å². The van der Waals surface area contributed by atoms with Crippen LogP contribution in [0.5, 0.6) is 0 Å². The summed E-state index contributed by atoms with van der Waals surface area (Å²) >= 11 is 0. The van der Waals surface area contributed by atoms with Gasteiger partial charge in [-0.3, -0.25) is 4.79 Å². The van der Waals surface area contributed by atoms with Crippen molar-refractivity contribution in [3.05, 3.63) is 0 Å². The van der Waals surface area contributed by atoms with Crippen LogP contribution in [0.1, 0.15) is 32.1 Å². The van der Waals surface area contributed by atoms with Gasteiger partial charge in [-0.1, -0.05) is 0 Å². The van der Waals surface area contributed by atoms with E-state index in [1.54, 1.807) is 0 Å². The van der Waals surface area contributed by atoms with Crippen LogP contribution in [0.3, 0.4) is 0 Å². The van der Waals surface area contributed by atoms with E-state index in [-0.39, 0.29) is 64.4 Å². The molecule has 0 aromatic heterocycles. The van der Waals surface area contributed by atoms with Crippen LogP contribution in [0.4, 0.5) is 0 Å². The molecular formula is C31H58N6O15. The Labute approximate surface area is 300 Å². The summed E-state index contributed by atoms with van der Waals surface area (Å²) in [7, 11) is 0. The Morgan fingerprint density at radius 2 is 1.38 bits per heavy atom. The van der Waals surface area contributed by atoms with Gasteiger partial charge in [-0.15, -0.1) is 0 Å². The maximum absolute atomic E-state index is 13.2.